The lowest BCUT2D eigenvalue weighted by atomic mass is 10.1. The molecule has 0 saturated carbocycles. The molecule has 114 valence electrons. The predicted octanol–water partition coefficient (Wildman–Crippen LogP) is 4.42. The van der Waals surface area contributed by atoms with Gasteiger partial charge < -0.3 is 5.11 Å². The van der Waals surface area contributed by atoms with E-state index >= 15 is 0 Å². The smallest absolute Gasteiger partial charge is 0.272 e. The Balaban J connectivity index is 2.16. The van der Waals surface area contributed by atoms with Crippen molar-refractivity contribution in [3.8, 4) is 5.75 Å². The van der Waals surface area contributed by atoms with Crippen molar-refractivity contribution in [3.05, 3.63) is 62.1 Å². The Morgan fingerprint density at radius 3 is 2.64 bits per heavy atom. The molecule has 0 aromatic heterocycles. The second kappa shape index (κ2) is 7.01. The van der Waals surface area contributed by atoms with E-state index in [1.807, 2.05) is 6.92 Å². The van der Waals surface area contributed by atoms with Gasteiger partial charge in [0.2, 0.25) is 0 Å². The maximum atomic E-state index is 12.0. The summed E-state index contributed by atoms with van der Waals surface area (Å²) in [7, 11) is 0. The molecule has 0 aliphatic rings. The molecular formula is C15H11Cl3N2O2. The van der Waals surface area contributed by atoms with Crippen LogP contribution in [-0.4, -0.2) is 17.2 Å². The molecule has 7 heteroatoms. The van der Waals surface area contributed by atoms with Crippen molar-refractivity contribution in [1.29, 1.82) is 0 Å². The highest BCUT2D eigenvalue weighted by atomic mass is 35.5. The molecule has 2 aromatic rings. The lowest BCUT2D eigenvalue weighted by Crippen LogP contribution is -2.18. The van der Waals surface area contributed by atoms with Gasteiger partial charge in [0.25, 0.3) is 5.91 Å². The summed E-state index contributed by atoms with van der Waals surface area (Å²) in [5, 5.41) is 14.3. The molecule has 0 spiro atoms. The van der Waals surface area contributed by atoms with Gasteiger partial charge in [0.05, 0.1) is 21.8 Å². The van der Waals surface area contributed by atoms with Crippen LogP contribution in [0.1, 0.15) is 21.5 Å². The van der Waals surface area contributed by atoms with Crippen molar-refractivity contribution in [3.63, 3.8) is 0 Å². The van der Waals surface area contributed by atoms with Crippen molar-refractivity contribution < 1.29 is 9.90 Å². The number of nitrogens with zero attached hydrogens (tertiary/aromatic N) is 1. The summed E-state index contributed by atoms with van der Waals surface area (Å²) >= 11 is 17.6. The normalized spacial score (nSPS) is 10.9. The third kappa shape index (κ3) is 3.91. The first-order chi connectivity index (χ1) is 10.4. The highest BCUT2D eigenvalue weighted by Crippen LogP contribution is 2.29. The zero-order chi connectivity index (χ0) is 16.3. The number of phenols is 1. The molecule has 2 N–H and O–H groups in total. The SMILES string of the molecule is Cc1ccc(Cl)c(C(=O)N/N=C/c2cc(Cl)cc(Cl)c2O)c1. The summed E-state index contributed by atoms with van der Waals surface area (Å²) in [6.45, 7) is 1.85. The van der Waals surface area contributed by atoms with Crippen LogP contribution in [0.2, 0.25) is 15.1 Å². The first-order valence-electron chi connectivity index (χ1n) is 6.16. The summed E-state index contributed by atoms with van der Waals surface area (Å²) in [5.41, 5.74) is 3.83. The van der Waals surface area contributed by atoms with E-state index in [9.17, 15) is 9.90 Å². The number of carbonyl (C=O) groups excluding carboxylic acids is 1. The highest BCUT2D eigenvalue weighted by Gasteiger charge is 2.10. The van der Waals surface area contributed by atoms with Crippen LogP contribution in [-0.2, 0) is 0 Å². The van der Waals surface area contributed by atoms with Gasteiger partial charge in [0, 0.05) is 10.6 Å². The van der Waals surface area contributed by atoms with Crippen LogP contribution in [0, 0.1) is 6.92 Å². The molecule has 0 saturated heterocycles. The molecule has 0 bridgehead atoms. The molecule has 0 unspecified atom stereocenters. The number of carbonyl (C=O) groups is 1. The molecule has 4 nitrogen and oxygen atoms in total. The second-order valence-corrected chi connectivity index (χ2v) is 5.76. The number of aromatic hydroxyl groups is 1. The highest BCUT2D eigenvalue weighted by molar-refractivity contribution is 6.36. The number of rotatable bonds is 3. The van der Waals surface area contributed by atoms with E-state index < -0.39 is 5.91 Å². The first-order valence-corrected chi connectivity index (χ1v) is 7.29. The van der Waals surface area contributed by atoms with Gasteiger partial charge in [0.15, 0.2) is 0 Å². The Labute approximate surface area is 142 Å². The number of hydrazone groups is 1. The van der Waals surface area contributed by atoms with Gasteiger partial charge in [-0.1, -0.05) is 46.4 Å². The topological polar surface area (TPSA) is 61.7 Å². The Bertz CT molecular complexity index is 761. The fourth-order valence-corrected chi connectivity index (χ4v) is 2.43. The van der Waals surface area contributed by atoms with Gasteiger partial charge in [-0.3, -0.25) is 4.79 Å². The van der Waals surface area contributed by atoms with Gasteiger partial charge >= 0.3 is 0 Å². The fourth-order valence-electron chi connectivity index (χ4n) is 1.72. The van der Waals surface area contributed by atoms with Crippen molar-refractivity contribution >= 4 is 46.9 Å². The number of benzene rings is 2. The molecule has 0 radical (unpaired) electrons. The van der Waals surface area contributed by atoms with E-state index in [1.165, 1.54) is 18.3 Å². The van der Waals surface area contributed by atoms with Gasteiger partial charge in [-0.25, -0.2) is 5.43 Å². The fraction of sp³-hybridized carbons (Fsp3) is 0.0667. The van der Waals surface area contributed by atoms with Crippen LogP contribution in [0.15, 0.2) is 35.4 Å². The molecule has 0 heterocycles. The van der Waals surface area contributed by atoms with Crippen LogP contribution in [0.3, 0.4) is 0 Å². The van der Waals surface area contributed by atoms with Gasteiger partial charge in [-0.05, 0) is 31.2 Å². The molecule has 0 aliphatic heterocycles. The number of hydrogen-bond acceptors (Lipinski definition) is 3. The van der Waals surface area contributed by atoms with Gasteiger partial charge in [0.1, 0.15) is 5.75 Å². The van der Waals surface area contributed by atoms with E-state index in [0.29, 0.717) is 15.6 Å². The molecule has 0 atom stereocenters. The molecule has 0 aliphatic carbocycles. The van der Waals surface area contributed by atoms with Crippen molar-refractivity contribution in [2.75, 3.05) is 0 Å². The summed E-state index contributed by atoms with van der Waals surface area (Å²) < 4.78 is 0. The number of nitrogens with one attached hydrogen (secondary N) is 1. The van der Waals surface area contributed by atoms with Gasteiger partial charge in [-0.2, -0.15) is 5.10 Å². The van der Waals surface area contributed by atoms with Crippen LogP contribution < -0.4 is 5.43 Å². The zero-order valence-electron chi connectivity index (χ0n) is 11.4. The minimum atomic E-state index is -0.461. The maximum absolute atomic E-state index is 12.0. The summed E-state index contributed by atoms with van der Waals surface area (Å²) in [5.74, 6) is -0.629. The van der Waals surface area contributed by atoms with Gasteiger partial charge in [-0.15, -0.1) is 0 Å². The third-order valence-electron chi connectivity index (χ3n) is 2.79. The molecular weight excluding hydrogens is 347 g/mol. The van der Waals surface area contributed by atoms with E-state index in [-0.39, 0.29) is 16.3 Å². The van der Waals surface area contributed by atoms with E-state index in [1.54, 1.807) is 18.2 Å². The third-order valence-corrected chi connectivity index (χ3v) is 3.63. The Kier molecular flexibility index (Phi) is 5.29. The minimum absolute atomic E-state index is 0.0991. The van der Waals surface area contributed by atoms with Crippen molar-refractivity contribution in [2.24, 2.45) is 5.10 Å². The Hall–Kier alpha value is -1.75. The molecule has 0 fully saturated rings. The lowest BCUT2D eigenvalue weighted by Gasteiger charge is -2.05. The molecule has 2 aromatic carbocycles. The van der Waals surface area contributed by atoms with Crippen molar-refractivity contribution in [2.45, 2.75) is 6.92 Å². The number of amides is 1. The number of aryl methyl sites for hydroxylation is 1. The first kappa shape index (κ1) is 16.6. The minimum Gasteiger partial charge on any atom is -0.506 e. The summed E-state index contributed by atoms with van der Waals surface area (Å²) in [6, 6.07) is 7.96. The van der Waals surface area contributed by atoms with Crippen LogP contribution in [0.4, 0.5) is 0 Å². The predicted molar refractivity (Wildman–Crippen MR) is 89.4 cm³/mol. The lowest BCUT2D eigenvalue weighted by molar-refractivity contribution is 0.0955. The number of hydrogen-bond donors (Lipinski definition) is 2. The Morgan fingerprint density at radius 1 is 1.18 bits per heavy atom. The zero-order valence-corrected chi connectivity index (χ0v) is 13.7. The average molecular weight is 358 g/mol. The van der Waals surface area contributed by atoms with Crippen LogP contribution in [0.5, 0.6) is 5.75 Å². The average Bonchev–Trinajstić information content (AvgIpc) is 2.46. The monoisotopic (exact) mass is 356 g/mol. The largest absolute Gasteiger partial charge is 0.506 e. The standard InChI is InChI=1S/C15H11Cl3N2O2/c1-8-2-3-12(17)11(4-8)15(22)20-19-7-9-5-10(16)6-13(18)14(9)21/h2-7,21H,1H3,(H,20,22)/b19-7+. The maximum Gasteiger partial charge on any atom is 0.272 e. The number of phenolic OH excluding ortho intramolecular Hbond substituents is 1. The van der Waals surface area contributed by atoms with Crippen LogP contribution >= 0.6 is 34.8 Å². The summed E-state index contributed by atoms with van der Waals surface area (Å²) in [6.07, 6.45) is 1.24. The van der Waals surface area contributed by atoms with E-state index in [0.717, 1.165) is 5.56 Å². The molecule has 1 amide bonds. The number of halogens is 3. The van der Waals surface area contributed by atoms with E-state index in [4.69, 9.17) is 34.8 Å². The van der Waals surface area contributed by atoms with Crippen LogP contribution in [0.25, 0.3) is 0 Å². The quantitative estimate of drug-likeness (QED) is 0.631. The molecule has 22 heavy (non-hydrogen) atoms. The van der Waals surface area contributed by atoms with E-state index in [2.05, 4.69) is 10.5 Å². The second-order valence-electron chi connectivity index (χ2n) is 4.51. The molecule has 2 rings (SSSR count). The van der Waals surface area contributed by atoms with Crippen molar-refractivity contribution in [1.82, 2.24) is 5.43 Å². The summed E-state index contributed by atoms with van der Waals surface area (Å²) in [4.78, 5) is 12.0. The Morgan fingerprint density at radius 2 is 1.91 bits per heavy atom.